The molecule has 0 aliphatic carbocycles. The summed E-state index contributed by atoms with van der Waals surface area (Å²) in [5.74, 6) is -0.853. The fourth-order valence-electron chi connectivity index (χ4n) is 6.91. The van der Waals surface area contributed by atoms with E-state index >= 15 is 0 Å². The average Bonchev–Trinajstić information content (AvgIpc) is 3.58. The number of anilines is 1. The van der Waals surface area contributed by atoms with E-state index < -0.39 is 95.9 Å². The monoisotopic (exact) mass is 1020 g/mol. The molecule has 0 saturated carbocycles. The molecule has 0 amide bonds. The molecule has 1 aliphatic heterocycles. The predicted octanol–water partition coefficient (Wildman–Crippen LogP) is 7.18. The number of hydrogen-bond acceptors (Lipinski definition) is 17. The fourth-order valence-corrected chi connectivity index (χ4v) is 9.02. The van der Waals surface area contributed by atoms with E-state index in [4.69, 9.17) is 29.0 Å². The molecule has 1 fully saturated rings. The van der Waals surface area contributed by atoms with E-state index in [0.717, 1.165) is 61.6 Å². The second kappa shape index (κ2) is 34.9. The van der Waals surface area contributed by atoms with E-state index in [1.807, 2.05) is 18.2 Å². The molecule has 0 bridgehead atoms. The van der Waals surface area contributed by atoms with Crippen molar-refractivity contribution in [1.29, 1.82) is 0 Å². The normalized spacial score (nSPS) is 21.2. The number of aliphatic hydroxyl groups is 4. The highest BCUT2D eigenvalue weighted by molar-refractivity contribution is 7.61. The van der Waals surface area contributed by atoms with Crippen LogP contribution in [0.15, 0.2) is 65.7 Å². The van der Waals surface area contributed by atoms with Crippen molar-refractivity contribution in [3.05, 3.63) is 71.4 Å². The first-order valence-electron chi connectivity index (χ1n) is 24.2. The largest absolute Gasteiger partial charge is 0.481 e. The van der Waals surface area contributed by atoms with Crippen LogP contribution in [0.2, 0.25) is 0 Å². The van der Waals surface area contributed by atoms with Crippen molar-refractivity contribution in [1.82, 2.24) is 9.55 Å². The fraction of sp³-hybridized carbons (Fsp3) is 0.702. The molecule has 2 rings (SSSR count). The van der Waals surface area contributed by atoms with Gasteiger partial charge in [0.1, 0.15) is 30.7 Å². The number of esters is 2. The minimum absolute atomic E-state index is 0.0310. The number of allylic oxidation sites excluding steroid dienone is 7. The van der Waals surface area contributed by atoms with Gasteiger partial charge in [-0.2, -0.15) is 9.29 Å². The number of aliphatic hydroxyl groups excluding tert-OH is 4. The third kappa shape index (κ3) is 27.7. The lowest BCUT2D eigenvalue weighted by Crippen LogP contribution is -2.36. The van der Waals surface area contributed by atoms with Gasteiger partial charge in [-0.05, 0) is 63.4 Å². The number of phosphoric ester groups is 2. The molecule has 20 nitrogen and oxygen atoms in total. The van der Waals surface area contributed by atoms with Gasteiger partial charge < -0.3 is 50.2 Å². The van der Waals surface area contributed by atoms with Crippen LogP contribution in [0.5, 0.6) is 0 Å². The van der Waals surface area contributed by atoms with Gasteiger partial charge >= 0.3 is 33.3 Å². The highest BCUT2D eigenvalue weighted by Crippen LogP contribution is 2.60. The van der Waals surface area contributed by atoms with Crippen LogP contribution < -0.4 is 11.4 Å². The number of nitrogens with two attached hydrogens (primary N) is 1. The van der Waals surface area contributed by atoms with Crippen molar-refractivity contribution < 1.29 is 76.5 Å². The molecule has 8 N–H and O–H groups in total. The second-order valence-electron chi connectivity index (χ2n) is 17.1. The maximum atomic E-state index is 12.9. The predicted molar refractivity (Wildman–Crippen MR) is 259 cm³/mol. The Kier molecular flexibility index (Phi) is 31.2. The minimum Gasteiger partial charge on any atom is -0.462 e. The standard InChI is InChI=1S/C47H79N3O17P2/c1-4-6-7-8-9-10-11-12-13-17-20-23-27-38(51)39(52)28-25-30-43(54)65-37(33-62-42(53)29-24-21-18-15-14-16-19-22-26-36(3)5-2)34-63-68(58,59)67-69(60,61)64-35-40-44(55)45(56)46(66-40)50-32-31-41(48)49-47(50)57/h6-7,9-10,12-13,20,23,31-32,36-40,44-46,51-52,55-56H,4-5,8,11,14-19,21-22,24-30,33-35H2,1-3H3,(H,58,59)(H,60,61)(H2,48,49,57)/b7-6-,10-9-,13-12-,23-20-/t36?,37-,38-,39-,40-,44-,45-,46-/m1/s1. The van der Waals surface area contributed by atoms with Gasteiger partial charge in [-0.15, -0.1) is 0 Å². The van der Waals surface area contributed by atoms with Gasteiger partial charge in [0, 0.05) is 19.0 Å². The molecule has 3 unspecified atom stereocenters. The van der Waals surface area contributed by atoms with Gasteiger partial charge in [-0.25, -0.2) is 13.9 Å². The van der Waals surface area contributed by atoms with E-state index in [9.17, 15) is 53.7 Å². The van der Waals surface area contributed by atoms with Crippen LogP contribution in [0.3, 0.4) is 0 Å². The Morgan fingerprint density at radius 2 is 1.36 bits per heavy atom. The number of unbranched alkanes of at least 4 members (excludes halogenated alkanes) is 7. The van der Waals surface area contributed by atoms with E-state index in [0.29, 0.717) is 12.8 Å². The molecule has 0 spiro atoms. The summed E-state index contributed by atoms with van der Waals surface area (Å²) in [6, 6.07) is 1.23. The van der Waals surface area contributed by atoms with Crippen molar-refractivity contribution in [2.45, 2.75) is 186 Å². The number of nitrogens with zero attached hydrogens (tertiary/aromatic N) is 2. The molecule has 1 aromatic heterocycles. The molecular weight excluding hydrogens is 940 g/mol. The third-order valence-corrected chi connectivity index (χ3v) is 13.8. The van der Waals surface area contributed by atoms with Crippen LogP contribution >= 0.6 is 15.6 Å². The number of hydrogen-bond donors (Lipinski definition) is 7. The molecule has 1 aromatic rings. The van der Waals surface area contributed by atoms with Crippen LogP contribution in [0, 0.1) is 5.92 Å². The zero-order valence-electron chi connectivity index (χ0n) is 40.5. The Balaban J connectivity index is 1.89. The quantitative estimate of drug-likeness (QED) is 0.0149. The van der Waals surface area contributed by atoms with Crippen LogP contribution in [-0.4, -0.2) is 108 Å². The third-order valence-electron chi connectivity index (χ3n) is 11.2. The first kappa shape index (κ1) is 61.8. The lowest BCUT2D eigenvalue weighted by atomic mass is 9.99. The lowest BCUT2D eigenvalue weighted by Gasteiger charge is -2.22. The number of rotatable bonds is 38. The summed E-state index contributed by atoms with van der Waals surface area (Å²) in [5.41, 5.74) is 4.55. The number of phosphoric acid groups is 2. The molecule has 22 heteroatoms. The SMILES string of the molecule is CC/C=C\C/C=C\C/C=C\C/C=C\C[C@@H](O)[C@H](O)CCCC(=O)O[C@H](COC(=O)CCCCCCCCCCC(C)CC)COP(=O)(O)OP(=O)(O)OC[C@H]1O[C@@H](n2ccc(N)nc2=O)[C@H](O)[C@@H]1O. The van der Waals surface area contributed by atoms with Crippen LogP contribution in [-0.2, 0) is 46.3 Å². The number of carbonyl (C=O) groups excluding carboxylic acids is 2. The van der Waals surface area contributed by atoms with Gasteiger partial charge in [0.25, 0.3) is 0 Å². The molecular formula is C47H79N3O17P2. The summed E-state index contributed by atoms with van der Waals surface area (Å²) < 4.78 is 56.4. The minimum atomic E-state index is -5.50. The molecule has 10 atom stereocenters. The van der Waals surface area contributed by atoms with Crippen molar-refractivity contribution in [3.63, 3.8) is 0 Å². The summed E-state index contributed by atoms with van der Waals surface area (Å²) in [6.45, 7) is 4.01. The zero-order valence-corrected chi connectivity index (χ0v) is 42.3. The number of aromatic nitrogens is 2. The Labute approximate surface area is 406 Å². The average molecular weight is 1020 g/mol. The summed E-state index contributed by atoms with van der Waals surface area (Å²) in [7, 11) is -11.0. The molecule has 2 heterocycles. The maximum Gasteiger partial charge on any atom is 0.481 e. The molecule has 394 valence electrons. The zero-order chi connectivity index (χ0) is 51.1. The van der Waals surface area contributed by atoms with Crippen molar-refractivity contribution in [3.8, 4) is 0 Å². The van der Waals surface area contributed by atoms with Crippen LogP contribution in [0.25, 0.3) is 0 Å². The van der Waals surface area contributed by atoms with Crippen molar-refractivity contribution >= 4 is 33.4 Å². The molecule has 0 radical (unpaired) electrons. The number of carbonyl (C=O) groups is 2. The first-order valence-corrected chi connectivity index (χ1v) is 27.2. The molecule has 1 aliphatic rings. The molecule has 69 heavy (non-hydrogen) atoms. The molecule has 1 saturated heterocycles. The number of ether oxygens (including phenoxy) is 3. The van der Waals surface area contributed by atoms with E-state index in [2.05, 4.69) is 54.4 Å². The van der Waals surface area contributed by atoms with Gasteiger partial charge in [-0.1, -0.05) is 127 Å². The van der Waals surface area contributed by atoms with E-state index in [1.54, 1.807) is 6.08 Å². The van der Waals surface area contributed by atoms with Crippen molar-refractivity contribution in [2.75, 3.05) is 25.6 Å². The topological polar surface area (TPSA) is 306 Å². The highest BCUT2D eigenvalue weighted by Gasteiger charge is 2.46. The van der Waals surface area contributed by atoms with Gasteiger partial charge in [0.2, 0.25) is 0 Å². The summed E-state index contributed by atoms with van der Waals surface area (Å²) >= 11 is 0. The Hall–Kier alpha value is -3.36. The lowest BCUT2D eigenvalue weighted by molar-refractivity contribution is -0.161. The van der Waals surface area contributed by atoms with E-state index in [1.165, 1.54) is 38.2 Å². The van der Waals surface area contributed by atoms with E-state index in [-0.39, 0.29) is 37.9 Å². The summed E-state index contributed by atoms with van der Waals surface area (Å²) in [5, 5.41) is 41.8. The molecule has 0 aromatic carbocycles. The van der Waals surface area contributed by atoms with Crippen molar-refractivity contribution in [2.24, 2.45) is 5.92 Å². The van der Waals surface area contributed by atoms with Crippen LogP contribution in [0.4, 0.5) is 5.82 Å². The number of nitrogen functional groups attached to an aromatic ring is 1. The smallest absolute Gasteiger partial charge is 0.462 e. The summed E-state index contributed by atoms with van der Waals surface area (Å²) in [4.78, 5) is 61.8. The Bertz CT molecular complexity index is 1900. The Morgan fingerprint density at radius 3 is 1.99 bits per heavy atom. The van der Waals surface area contributed by atoms with Gasteiger partial charge in [0.15, 0.2) is 12.3 Å². The first-order chi connectivity index (χ1) is 32.9. The second-order valence-corrected chi connectivity index (χ2v) is 20.2. The van der Waals surface area contributed by atoms with Gasteiger partial charge in [-0.3, -0.25) is 23.2 Å². The highest BCUT2D eigenvalue weighted by atomic mass is 31.3. The van der Waals surface area contributed by atoms with Gasteiger partial charge in [0.05, 0.1) is 25.4 Å². The Morgan fingerprint density at radius 1 is 0.783 bits per heavy atom. The van der Waals surface area contributed by atoms with Crippen LogP contribution in [0.1, 0.15) is 149 Å². The maximum absolute atomic E-state index is 12.9. The summed E-state index contributed by atoms with van der Waals surface area (Å²) in [6.07, 6.45) is 20.9.